The first-order valence-corrected chi connectivity index (χ1v) is 3.92. The van der Waals surface area contributed by atoms with Crippen molar-refractivity contribution in [3.05, 3.63) is 23.3 Å². The average Bonchev–Trinajstić information content (AvgIpc) is 1.87. The summed E-state index contributed by atoms with van der Waals surface area (Å²) in [5.41, 5.74) is 2.90. The fourth-order valence-corrected chi connectivity index (χ4v) is 0.733. The van der Waals surface area contributed by atoms with E-state index >= 15 is 0 Å². The SMILES string of the molecule is C/C=C(\C)CCC=C(C)C.[Ba].[HH]. The maximum absolute atomic E-state index is 2.28. The number of hydrogen-bond donors (Lipinski definition) is 0. The zero-order valence-electron chi connectivity index (χ0n) is 8.28. The molecular weight excluding hydrogens is 257 g/mol. The Morgan fingerprint density at radius 1 is 1.27 bits per heavy atom. The van der Waals surface area contributed by atoms with Gasteiger partial charge in [0.25, 0.3) is 0 Å². The van der Waals surface area contributed by atoms with E-state index in [9.17, 15) is 0 Å². The molecule has 0 aliphatic rings. The first kappa shape index (κ1) is 14.6. The Hall–Kier alpha value is 1.05. The molecular formula is C10H20Ba. The normalized spacial score (nSPS) is 10.4. The van der Waals surface area contributed by atoms with Crippen molar-refractivity contribution in [2.75, 3.05) is 0 Å². The Morgan fingerprint density at radius 3 is 2.18 bits per heavy atom. The van der Waals surface area contributed by atoms with E-state index < -0.39 is 0 Å². The second kappa shape index (κ2) is 9.14. The van der Waals surface area contributed by atoms with Crippen molar-refractivity contribution in [3.8, 4) is 0 Å². The molecule has 0 unspecified atom stereocenters. The Kier molecular flexibility index (Phi) is 12.1. The molecule has 0 saturated carbocycles. The fourth-order valence-electron chi connectivity index (χ4n) is 0.733. The molecule has 1 heteroatoms. The van der Waals surface area contributed by atoms with E-state index in [4.69, 9.17) is 0 Å². The third-order valence-electron chi connectivity index (χ3n) is 1.58. The fraction of sp³-hybridized carbons (Fsp3) is 0.600. The molecule has 62 valence electrons. The van der Waals surface area contributed by atoms with Crippen LogP contribution in [0.1, 0.15) is 42.0 Å². The van der Waals surface area contributed by atoms with Crippen LogP contribution in [0.25, 0.3) is 0 Å². The van der Waals surface area contributed by atoms with Crippen molar-refractivity contribution >= 4 is 48.9 Å². The van der Waals surface area contributed by atoms with Crippen molar-refractivity contribution in [2.45, 2.75) is 40.5 Å². The molecule has 0 atom stereocenters. The van der Waals surface area contributed by atoms with Gasteiger partial charge in [0, 0.05) is 50.3 Å². The predicted octanol–water partition coefficient (Wildman–Crippen LogP) is 3.56. The molecule has 0 bridgehead atoms. The van der Waals surface area contributed by atoms with Crippen LogP contribution in [0.3, 0.4) is 0 Å². The van der Waals surface area contributed by atoms with E-state index in [0.717, 1.165) is 0 Å². The second-order valence-corrected chi connectivity index (χ2v) is 2.96. The van der Waals surface area contributed by atoms with Gasteiger partial charge in [-0.2, -0.15) is 0 Å². The van der Waals surface area contributed by atoms with Crippen LogP contribution < -0.4 is 0 Å². The molecule has 0 aliphatic heterocycles. The number of allylic oxidation sites excluding steroid dienone is 4. The molecule has 0 aromatic rings. The second-order valence-electron chi connectivity index (χ2n) is 2.96. The van der Waals surface area contributed by atoms with Crippen LogP contribution >= 0.6 is 0 Å². The topological polar surface area (TPSA) is 0 Å². The summed E-state index contributed by atoms with van der Waals surface area (Å²) < 4.78 is 0. The minimum atomic E-state index is 0. The van der Waals surface area contributed by atoms with Crippen LogP contribution in [0.5, 0.6) is 0 Å². The molecule has 0 aromatic carbocycles. The van der Waals surface area contributed by atoms with Crippen LogP contribution in [0.15, 0.2) is 23.3 Å². The van der Waals surface area contributed by atoms with Crippen molar-refractivity contribution in [2.24, 2.45) is 0 Å². The van der Waals surface area contributed by atoms with Gasteiger partial charge in [-0.15, -0.1) is 0 Å². The molecule has 0 nitrogen and oxygen atoms in total. The van der Waals surface area contributed by atoms with Crippen molar-refractivity contribution in [1.82, 2.24) is 0 Å². The van der Waals surface area contributed by atoms with E-state index in [-0.39, 0.29) is 50.3 Å². The van der Waals surface area contributed by atoms with Gasteiger partial charge in [-0.1, -0.05) is 23.3 Å². The maximum atomic E-state index is 2.28. The molecule has 2 radical (unpaired) electrons. The molecule has 11 heavy (non-hydrogen) atoms. The summed E-state index contributed by atoms with van der Waals surface area (Å²) in [7, 11) is 0. The van der Waals surface area contributed by atoms with Crippen LogP contribution in [0.2, 0.25) is 0 Å². The third kappa shape index (κ3) is 11.1. The Morgan fingerprint density at radius 2 is 1.82 bits per heavy atom. The standard InChI is InChI=1S/C10H18.Ba.H2/c1-5-10(4)8-6-7-9(2)3;;/h5,7H,6,8H2,1-4H3;;1H/b10-5+;;. The predicted molar refractivity (Wildman–Crippen MR) is 56.0 cm³/mol. The summed E-state index contributed by atoms with van der Waals surface area (Å²) in [5.74, 6) is 0. The van der Waals surface area contributed by atoms with Crippen molar-refractivity contribution < 1.29 is 1.43 Å². The van der Waals surface area contributed by atoms with Gasteiger partial charge in [0.1, 0.15) is 0 Å². The van der Waals surface area contributed by atoms with Gasteiger partial charge in [-0.05, 0) is 40.5 Å². The van der Waals surface area contributed by atoms with E-state index in [1.165, 1.54) is 24.0 Å². The Labute approximate surface area is 113 Å². The van der Waals surface area contributed by atoms with Crippen LogP contribution in [0, 0.1) is 0 Å². The summed E-state index contributed by atoms with van der Waals surface area (Å²) in [6.45, 7) is 8.56. The molecule has 0 aromatic heterocycles. The smallest absolute Gasteiger partial charge is 0 e. The largest absolute Gasteiger partial charge is 0.0887 e. The monoisotopic (exact) mass is 278 g/mol. The Bertz CT molecular complexity index is 144. The minimum absolute atomic E-state index is 0. The summed E-state index contributed by atoms with van der Waals surface area (Å²) in [4.78, 5) is 0. The van der Waals surface area contributed by atoms with Gasteiger partial charge in [0.05, 0.1) is 0 Å². The number of rotatable bonds is 3. The van der Waals surface area contributed by atoms with Gasteiger partial charge >= 0.3 is 0 Å². The molecule has 0 aliphatic carbocycles. The minimum Gasteiger partial charge on any atom is -0.0887 e. The van der Waals surface area contributed by atoms with E-state index in [2.05, 4.69) is 39.8 Å². The van der Waals surface area contributed by atoms with Gasteiger partial charge in [-0.25, -0.2) is 0 Å². The van der Waals surface area contributed by atoms with Gasteiger partial charge in [0.2, 0.25) is 0 Å². The van der Waals surface area contributed by atoms with Crippen molar-refractivity contribution in [1.29, 1.82) is 0 Å². The third-order valence-corrected chi connectivity index (χ3v) is 1.58. The van der Waals surface area contributed by atoms with Crippen LogP contribution in [-0.4, -0.2) is 48.9 Å². The van der Waals surface area contributed by atoms with Crippen LogP contribution in [0.4, 0.5) is 0 Å². The van der Waals surface area contributed by atoms with Crippen molar-refractivity contribution in [3.63, 3.8) is 0 Å². The zero-order chi connectivity index (χ0) is 7.98. The first-order chi connectivity index (χ1) is 4.66. The molecule has 0 rings (SSSR count). The van der Waals surface area contributed by atoms with E-state index in [1.54, 1.807) is 0 Å². The van der Waals surface area contributed by atoms with Gasteiger partial charge in [-0.3, -0.25) is 0 Å². The molecule has 0 spiro atoms. The van der Waals surface area contributed by atoms with Gasteiger partial charge in [0.15, 0.2) is 0 Å². The molecule has 0 amide bonds. The summed E-state index contributed by atoms with van der Waals surface area (Å²) in [6.07, 6.45) is 6.87. The molecule has 0 N–H and O–H groups in total. The average molecular weight is 278 g/mol. The van der Waals surface area contributed by atoms with Gasteiger partial charge < -0.3 is 0 Å². The summed E-state index contributed by atoms with van der Waals surface area (Å²) >= 11 is 0. The molecule has 0 heterocycles. The van der Waals surface area contributed by atoms with E-state index in [0.29, 0.717) is 0 Å². The number of hydrogen-bond acceptors (Lipinski definition) is 0. The van der Waals surface area contributed by atoms with Crippen LogP contribution in [-0.2, 0) is 0 Å². The maximum Gasteiger partial charge on any atom is 0 e. The molecule has 0 saturated heterocycles. The zero-order valence-corrected chi connectivity index (χ0v) is 12.7. The summed E-state index contributed by atoms with van der Waals surface area (Å²) in [5, 5.41) is 0. The summed E-state index contributed by atoms with van der Waals surface area (Å²) in [6, 6.07) is 0. The molecule has 0 fully saturated rings. The quantitative estimate of drug-likeness (QED) is 0.546. The Balaban J connectivity index is -0.000000405. The first-order valence-electron chi connectivity index (χ1n) is 3.92. The van der Waals surface area contributed by atoms with E-state index in [1.807, 2.05) is 0 Å².